The van der Waals surface area contributed by atoms with Gasteiger partial charge in [-0.15, -0.1) is 0 Å². The largest absolute Gasteiger partial charge is 0.318 e. The van der Waals surface area contributed by atoms with Crippen LogP contribution in [0.5, 0.6) is 0 Å². The maximum absolute atomic E-state index is 4.56. The van der Waals surface area contributed by atoms with Gasteiger partial charge in [0.1, 0.15) is 0 Å². The third-order valence-corrected chi connectivity index (χ3v) is 3.30. The summed E-state index contributed by atoms with van der Waals surface area (Å²) < 4.78 is 1.78. The van der Waals surface area contributed by atoms with E-state index in [2.05, 4.69) is 29.3 Å². The number of thioether (sulfide) groups is 1. The molecule has 82 valence electrons. The number of aryl methyl sites for hydroxylation is 1. The van der Waals surface area contributed by atoms with Crippen molar-refractivity contribution in [2.45, 2.75) is 31.6 Å². The Hall–Kier alpha value is -0.970. The molecule has 4 nitrogen and oxygen atoms in total. The lowest BCUT2D eigenvalue weighted by Gasteiger charge is -2.22. The van der Waals surface area contributed by atoms with Crippen LogP contribution in [0, 0.1) is 0 Å². The highest BCUT2D eigenvalue weighted by Crippen LogP contribution is 2.25. The lowest BCUT2D eigenvalue weighted by atomic mass is 10.2. The van der Waals surface area contributed by atoms with E-state index >= 15 is 0 Å². The fourth-order valence-corrected chi connectivity index (χ4v) is 2.82. The molecule has 0 aliphatic carbocycles. The monoisotopic (exact) mass is 224 g/mol. The average molecular weight is 224 g/mol. The van der Waals surface area contributed by atoms with Crippen LogP contribution >= 0.6 is 11.8 Å². The molecule has 0 radical (unpaired) electrons. The summed E-state index contributed by atoms with van der Waals surface area (Å²) in [4.78, 5) is 4.56. The fourth-order valence-electron chi connectivity index (χ4n) is 1.66. The Labute approximate surface area is 94.2 Å². The van der Waals surface area contributed by atoms with Crippen molar-refractivity contribution in [3.8, 4) is 0 Å². The minimum Gasteiger partial charge on any atom is -0.318 e. The van der Waals surface area contributed by atoms with Gasteiger partial charge in [0.15, 0.2) is 11.0 Å². The summed E-state index contributed by atoms with van der Waals surface area (Å²) in [6.45, 7) is 4.38. The molecule has 1 aromatic heterocycles. The molecule has 1 aliphatic heterocycles. The Morgan fingerprint density at radius 3 is 2.93 bits per heavy atom. The molecule has 0 saturated carbocycles. The standard InChI is InChI=1S/C10H16N4S/c1-7-6-8(2)15-10(11-7)12-9-4-5-14(3)13-9/h4-5,7-8H,6H2,1-3H3,(H,11,12,13). The van der Waals surface area contributed by atoms with Crippen molar-refractivity contribution in [1.82, 2.24) is 9.78 Å². The highest BCUT2D eigenvalue weighted by Gasteiger charge is 2.18. The predicted octanol–water partition coefficient (Wildman–Crippen LogP) is 2.10. The second-order valence-corrected chi connectivity index (χ2v) is 5.37. The normalized spacial score (nSPS) is 26.2. The Balaban J connectivity index is 2.05. The molecule has 0 bridgehead atoms. The Bertz CT molecular complexity index is 371. The lowest BCUT2D eigenvalue weighted by Crippen LogP contribution is -2.22. The highest BCUT2D eigenvalue weighted by atomic mass is 32.2. The Morgan fingerprint density at radius 1 is 1.53 bits per heavy atom. The van der Waals surface area contributed by atoms with Crippen LogP contribution < -0.4 is 5.32 Å². The number of amidine groups is 1. The van der Waals surface area contributed by atoms with Gasteiger partial charge in [0.25, 0.3) is 0 Å². The Kier molecular flexibility index (Phi) is 3.00. The van der Waals surface area contributed by atoms with Gasteiger partial charge in [-0.25, -0.2) is 0 Å². The van der Waals surface area contributed by atoms with Gasteiger partial charge < -0.3 is 5.32 Å². The molecule has 0 saturated heterocycles. The van der Waals surface area contributed by atoms with E-state index in [1.807, 2.05) is 19.3 Å². The number of rotatable bonds is 1. The maximum atomic E-state index is 4.56. The molecule has 0 amide bonds. The van der Waals surface area contributed by atoms with Gasteiger partial charge in [0, 0.05) is 24.6 Å². The average Bonchev–Trinajstić information content (AvgIpc) is 2.49. The van der Waals surface area contributed by atoms with E-state index in [4.69, 9.17) is 0 Å². The summed E-state index contributed by atoms with van der Waals surface area (Å²) in [6.07, 6.45) is 3.07. The number of hydrogen-bond acceptors (Lipinski definition) is 4. The summed E-state index contributed by atoms with van der Waals surface area (Å²) in [5.41, 5.74) is 0. The van der Waals surface area contributed by atoms with Crippen LogP contribution in [0.1, 0.15) is 20.3 Å². The van der Waals surface area contributed by atoms with E-state index in [0.717, 1.165) is 17.4 Å². The maximum Gasteiger partial charge on any atom is 0.162 e. The fraction of sp³-hybridized carbons (Fsp3) is 0.600. The van der Waals surface area contributed by atoms with Crippen molar-refractivity contribution < 1.29 is 0 Å². The minimum absolute atomic E-state index is 0.410. The predicted molar refractivity (Wildman–Crippen MR) is 65.4 cm³/mol. The van der Waals surface area contributed by atoms with Crippen LogP contribution in [0.4, 0.5) is 5.82 Å². The Morgan fingerprint density at radius 2 is 2.33 bits per heavy atom. The van der Waals surface area contributed by atoms with Gasteiger partial charge in [-0.2, -0.15) is 5.10 Å². The van der Waals surface area contributed by atoms with Gasteiger partial charge in [0.05, 0.1) is 6.04 Å². The summed E-state index contributed by atoms with van der Waals surface area (Å²) in [6, 6.07) is 2.36. The van der Waals surface area contributed by atoms with Gasteiger partial charge in [-0.05, 0) is 13.3 Å². The van der Waals surface area contributed by atoms with Crippen molar-refractivity contribution in [1.29, 1.82) is 0 Å². The van der Waals surface area contributed by atoms with Crippen LogP contribution in [0.2, 0.25) is 0 Å². The zero-order chi connectivity index (χ0) is 10.8. The van der Waals surface area contributed by atoms with E-state index in [9.17, 15) is 0 Å². The van der Waals surface area contributed by atoms with Gasteiger partial charge in [-0.3, -0.25) is 9.67 Å². The topological polar surface area (TPSA) is 42.2 Å². The van der Waals surface area contributed by atoms with E-state index < -0.39 is 0 Å². The quantitative estimate of drug-likeness (QED) is 0.794. The van der Waals surface area contributed by atoms with Crippen LogP contribution in [0.3, 0.4) is 0 Å². The number of anilines is 1. The van der Waals surface area contributed by atoms with Crippen molar-refractivity contribution >= 4 is 22.7 Å². The smallest absolute Gasteiger partial charge is 0.162 e. The van der Waals surface area contributed by atoms with Crippen LogP contribution in [-0.4, -0.2) is 26.2 Å². The number of aliphatic imine (C=N–C) groups is 1. The van der Waals surface area contributed by atoms with Crippen LogP contribution in [0.15, 0.2) is 17.3 Å². The van der Waals surface area contributed by atoms with Gasteiger partial charge in [-0.1, -0.05) is 18.7 Å². The molecule has 2 heterocycles. The second kappa shape index (κ2) is 4.26. The molecular weight excluding hydrogens is 208 g/mol. The van der Waals surface area contributed by atoms with Crippen molar-refractivity contribution in [3.63, 3.8) is 0 Å². The SMILES string of the molecule is CC1CC(C)SC(Nc2ccn(C)n2)=N1. The molecule has 1 aromatic rings. The van der Waals surface area contributed by atoms with E-state index in [1.165, 1.54) is 0 Å². The molecule has 2 rings (SSSR count). The summed E-state index contributed by atoms with van der Waals surface area (Å²) in [5.74, 6) is 0.866. The van der Waals surface area contributed by atoms with Gasteiger partial charge >= 0.3 is 0 Å². The molecule has 2 unspecified atom stereocenters. The number of nitrogens with one attached hydrogen (secondary N) is 1. The summed E-state index contributed by atoms with van der Waals surface area (Å²) in [7, 11) is 1.91. The molecule has 0 aromatic carbocycles. The molecule has 5 heteroatoms. The minimum atomic E-state index is 0.410. The second-order valence-electron chi connectivity index (χ2n) is 3.95. The first-order valence-electron chi connectivity index (χ1n) is 5.14. The van der Waals surface area contributed by atoms with E-state index in [1.54, 1.807) is 16.4 Å². The highest BCUT2D eigenvalue weighted by molar-refractivity contribution is 8.14. The molecule has 1 N–H and O–H groups in total. The number of aromatic nitrogens is 2. The molecule has 15 heavy (non-hydrogen) atoms. The van der Waals surface area contributed by atoms with E-state index in [0.29, 0.717) is 11.3 Å². The molecular formula is C10H16N4S. The first kappa shape index (κ1) is 10.5. The zero-order valence-electron chi connectivity index (χ0n) is 9.27. The van der Waals surface area contributed by atoms with Crippen LogP contribution in [0.25, 0.3) is 0 Å². The first-order chi connectivity index (χ1) is 7.13. The van der Waals surface area contributed by atoms with E-state index in [-0.39, 0.29) is 0 Å². The van der Waals surface area contributed by atoms with Crippen molar-refractivity contribution in [2.24, 2.45) is 12.0 Å². The van der Waals surface area contributed by atoms with Gasteiger partial charge in [0.2, 0.25) is 0 Å². The van der Waals surface area contributed by atoms with Crippen molar-refractivity contribution in [3.05, 3.63) is 12.3 Å². The number of hydrogen-bond donors (Lipinski definition) is 1. The molecule has 0 fully saturated rings. The third-order valence-electron chi connectivity index (χ3n) is 2.27. The number of nitrogens with zero attached hydrogens (tertiary/aromatic N) is 3. The molecule has 2 atom stereocenters. The third kappa shape index (κ3) is 2.75. The van der Waals surface area contributed by atoms with Crippen molar-refractivity contribution in [2.75, 3.05) is 5.32 Å². The molecule has 0 spiro atoms. The first-order valence-corrected chi connectivity index (χ1v) is 6.02. The summed E-state index contributed by atoms with van der Waals surface area (Å²) >= 11 is 1.78. The van der Waals surface area contributed by atoms with Crippen LogP contribution in [-0.2, 0) is 7.05 Å². The lowest BCUT2D eigenvalue weighted by molar-refractivity contribution is 0.661. The summed E-state index contributed by atoms with van der Waals surface area (Å²) in [5, 5.41) is 9.12. The zero-order valence-corrected chi connectivity index (χ0v) is 10.1. The molecule has 1 aliphatic rings.